The van der Waals surface area contributed by atoms with Crippen molar-refractivity contribution < 1.29 is 14.6 Å². The van der Waals surface area contributed by atoms with Gasteiger partial charge in [-0.05, 0) is 0 Å². The van der Waals surface area contributed by atoms with E-state index in [-0.39, 0.29) is 19.1 Å². The van der Waals surface area contributed by atoms with Crippen molar-refractivity contribution >= 4 is 5.91 Å². The van der Waals surface area contributed by atoms with Crippen LogP contribution in [0.15, 0.2) is 0 Å². The van der Waals surface area contributed by atoms with E-state index in [4.69, 9.17) is 9.84 Å². The maximum Gasteiger partial charge on any atom is 0.250 e. The highest BCUT2D eigenvalue weighted by atomic mass is 16.5. The molecule has 0 saturated carbocycles. The average molecular weight is 131 g/mol. The Bertz CT molecular complexity index is 125. The van der Waals surface area contributed by atoms with Crippen molar-refractivity contribution in [2.75, 3.05) is 20.3 Å². The lowest BCUT2D eigenvalue weighted by Crippen LogP contribution is -2.46. The summed E-state index contributed by atoms with van der Waals surface area (Å²) in [5.74, 6) is -0.172. The molecule has 1 atom stereocenters. The quantitative estimate of drug-likeness (QED) is 0.449. The molecular weight excluding hydrogens is 122 g/mol. The first-order valence-corrected chi connectivity index (χ1v) is 2.73. The van der Waals surface area contributed by atoms with Crippen LogP contribution in [0.1, 0.15) is 0 Å². The summed E-state index contributed by atoms with van der Waals surface area (Å²) in [6.07, 6.45) is -0.758. The molecular formula is C5H9NO3. The summed E-state index contributed by atoms with van der Waals surface area (Å²) in [4.78, 5) is 11.9. The van der Waals surface area contributed by atoms with Crippen LogP contribution < -0.4 is 0 Å². The molecule has 0 radical (unpaired) electrons. The second kappa shape index (κ2) is 2.33. The molecule has 1 rings (SSSR count). The lowest BCUT2D eigenvalue weighted by Gasteiger charge is -2.27. The molecule has 1 aliphatic rings. The topological polar surface area (TPSA) is 49.8 Å². The number of likely N-dealkylation sites (N-methyl/N-ethyl adjacent to an activating group) is 1. The lowest BCUT2D eigenvalue weighted by molar-refractivity contribution is -0.161. The van der Waals surface area contributed by atoms with Crippen LogP contribution in [0.5, 0.6) is 0 Å². The Kier molecular flexibility index (Phi) is 1.68. The zero-order valence-electron chi connectivity index (χ0n) is 5.20. The van der Waals surface area contributed by atoms with Crippen molar-refractivity contribution in [1.29, 1.82) is 0 Å². The molecule has 1 amide bonds. The minimum absolute atomic E-state index is 0.0908. The number of morpholine rings is 1. The van der Waals surface area contributed by atoms with Gasteiger partial charge in [-0.3, -0.25) is 4.79 Å². The monoisotopic (exact) mass is 131 g/mol. The predicted octanol–water partition coefficient (Wildman–Crippen LogP) is -1.21. The number of carbonyl (C=O) groups excluding carboxylic acids is 1. The minimum Gasteiger partial charge on any atom is -0.371 e. The van der Waals surface area contributed by atoms with Crippen LogP contribution in [0.25, 0.3) is 0 Å². The first kappa shape index (κ1) is 6.51. The van der Waals surface area contributed by atoms with Crippen molar-refractivity contribution in [3.63, 3.8) is 0 Å². The molecule has 1 aliphatic heterocycles. The Balaban J connectivity index is 2.51. The lowest BCUT2D eigenvalue weighted by atomic mass is 10.4. The van der Waals surface area contributed by atoms with Crippen LogP contribution in [0, 0.1) is 0 Å². The number of aliphatic hydroxyl groups excluding tert-OH is 1. The van der Waals surface area contributed by atoms with Gasteiger partial charge in [-0.1, -0.05) is 0 Å². The number of rotatable bonds is 0. The normalized spacial score (nSPS) is 28.9. The maximum atomic E-state index is 10.6. The van der Waals surface area contributed by atoms with Gasteiger partial charge in [-0.2, -0.15) is 0 Å². The average Bonchev–Trinajstić information content (AvgIpc) is 1.83. The SMILES string of the molecule is CN1C(=O)COCC1O. The standard InChI is InChI=1S/C5H9NO3/c1-6-4(7)2-9-3-5(6)8/h4,7H,2-3H2,1H3. The van der Waals surface area contributed by atoms with E-state index in [1.54, 1.807) is 7.05 Å². The largest absolute Gasteiger partial charge is 0.371 e. The molecule has 0 aromatic heterocycles. The van der Waals surface area contributed by atoms with Crippen LogP contribution in [-0.2, 0) is 9.53 Å². The molecule has 1 heterocycles. The number of hydrogen-bond acceptors (Lipinski definition) is 3. The van der Waals surface area contributed by atoms with Crippen molar-refractivity contribution in [3.8, 4) is 0 Å². The molecule has 9 heavy (non-hydrogen) atoms. The summed E-state index contributed by atoms with van der Waals surface area (Å²) in [5, 5.41) is 8.93. The van der Waals surface area contributed by atoms with Crippen LogP contribution in [0.3, 0.4) is 0 Å². The molecule has 0 bridgehead atoms. The summed E-state index contributed by atoms with van der Waals surface area (Å²) < 4.78 is 4.72. The van der Waals surface area contributed by atoms with Gasteiger partial charge in [-0.15, -0.1) is 0 Å². The molecule has 0 aliphatic carbocycles. The van der Waals surface area contributed by atoms with Gasteiger partial charge in [0.15, 0.2) is 6.23 Å². The van der Waals surface area contributed by atoms with E-state index in [9.17, 15) is 4.79 Å². The highest BCUT2D eigenvalue weighted by molar-refractivity contribution is 5.77. The fourth-order valence-electron chi connectivity index (χ4n) is 0.631. The third-order valence-electron chi connectivity index (χ3n) is 1.33. The Hall–Kier alpha value is -0.610. The molecule has 0 aromatic carbocycles. The van der Waals surface area contributed by atoms with E-state index in [0.29, 0.717) is 0 Å². The number of aliphatic hydroxyl groups is 1. The summed E-state index contributed by atoms with van der Waals surface area (Å²) in [7, 11) is 1.55. The predicted molar refractivity (Wildman–Crippen MR) is 29.6 cm³/mol. The van der Waals surface area contributed by atoms with Gasteiger partial charge in [0.25, 0.3) is 0 Å². The first-order valence-electron chi connectivity index (χ1n) is 2.73. The molecule has 1 unspecified atom stereocenters. The number of hydrogen-bond donors (Lipinski definition) is 1. The number of ether oxygens (including phenoxy) is 1. The Labute approximate surface area is 53.0 Å². The second-order valence-electron chi connectivity index (χ2n) is 2.00. The van der Waals surface area contributed by atoms with Gasteiger partial charge < -0.3 is 14.7 Å². The van der Waals surface area contributed by atoms with Gasteiger partial charge in [0.2, 0.25) is 5.91 Å². The molecule has 52 valence electrons. The van der Waals surface area contributed by atoms with Crippen LogP contribution in [0.4, 0.5) is 0 Å². The molecule has 4 heteroatoms. The molecule has 1 saturated heterocycles. The molecule has 0 spiro atoms. The third-order valence-corrected chi connectivity index (χ3v) is 1.33. The maximum absolute atomic E-state index is 10.6. The fraction of sp³-hybridized carbons (Fsp3) is 0.800. The Morgan fingerprint density at radius 3 is 3.00 bits per heavy atom. The van der Waals surface area contributed by atoms with Crippen LogP contribution in [-0.4, -0.2) is 42.4 Å². The fourth-order valence-corrected chi connectivity index (χ4v) is 0.631. The van der Waals surface area contributed by atoms with E-state index < -0.39 is 6.23 Å². The Morgan fingerprint density at radius 1 is 1.89 bits per heavy atom. The highest BCUT2D eigenvalue weighted by Crippen LogP contribution is 2.00. The van der Waals surface area contributed by atoms with Crippen molar-refractivity contribution in [1.82, 2.24) is 4.90 Å². The van der Waals surface area contributed by atoms with E-state index in [0.717, 1.165) is 0 Å². The zero-order valence-corrected chi connectivity index (χ0v) is 5.20. The van der Waals surface area contributed by atoms with Gasteiger partial charge in [-0.25, -0.2) is 0 Å². The molecule has 0 aromatic rings. The van der Waals surface area contributed by atoms with Gasteiger partial charge >= 0.3 is 0 Å². The summed E-state index contributed by atoms with van der Waals surface area (Å²) in [6.45, 7) is 0.315. The smallest absolute Gasteiger partial charge is 0.250 e. The van der Waals surface area contributed by atoms with Crippen molar-refractivity contribution in [3.05, 3.63) is 0 Å². The first-order chi connectivity index (χ1) is 4.22. The van der Waals surface area contributed by atoms with Gasteiger partial charge in [0.1, 0.15) is 6.61 Å². The van der Waals surface area contributed by atoms with E-state index >= 15 is 0 Å². The van der Waals surface area contributed by atoms with Crippen molar-refractivity contribution in [2.45, 2.75) is 6.23 Å². The number of amides is 1. The van der Waals surface area contributed by atoms with Crippen LogP contribution >= 0.6 is 0 Å². The summed E-state index contributed by atoms with van der Waals surface area (Å²) in [6, 6.07) is 0. The molecule has 1 fully saturated rings. The van der Waals surface area contributed by atoms with E-state index in [1.165, 1.54) is 4.90 Å². The second-order valence-corrected chi connectivity index (χ2v) is 2.00. The minimum atomic E-state index is -0.758. The van der Waals surface area contributed by atoms with E-state index in [2.05, 4.69) is 0 Å². The van der Waals surface area contributed by atoms with Gasteiger partial charge in [0.05, 0.1) is 6.61 Å². The molecule has 4 nitrogen and oxygen atoms in total. The highest BCUT2D eigenvalue weighted by Gasteiger charge is 2.22. The third kappa shape index (κ3) is 1.20. The van der Waals surface area contributed by atoms with Gasteiger partial charge in [0, 0.05) is 7.05 Å². The zero-order chi connectivity index (χ0) is 6.85. The van der Waals surface area contributed by atoms with Crippen molar-refractivity contribution in [2.24, 2.45) is 0 Å². The Morgan fingerprint density at radius 2 is 2.56 bits per heavy atom. The van der Waals surface area contributed by atoms with Crippen LogP contribution in [0.2, 0.25) is 0 Å². The number of nitrogens with zero attached hydrogens (tertiary/aromatic N) is 1. The number of carbonyl (C=O) groups is 1. The molecule has 1 N–H and O–H groups in total. The van der Waals surface area contributed by atoms with E-state index in [1.807, 2.05) is 0 Å². The summed E-state index contributed by atoms with van der Waals surface area (Å²) in [5.41, 5.74) is 0. The summed E-state index contributed by atoms with van der Waals surface area (Å²) >= 11 is 0.